The van der Waals surface area contributed by atoms with E-state index in [0.29, 0.717) is 18.1 Å². The molecule has 3 aromatic rings. The Hall–Kier alpha value is -3.55. The van der Waals surface area contributed by atoms with Crippen molar-refractivity contribution in [2.24, 2.45) is 0 Å². The lowest BCUT2D eigenvalue weighted by molar-refractivity contribution is -0.120. The summed E-state index contributed by atoms with van der Waals surface area (Å²) >= 11 is 0. The Morgan fingerprint density at radius 2 is 1.70 bits per heavy atom. The fourth-order valence-electron chi connectivity index (χ4n) is 4.27. The third-order valence-corrected chi connectivity index (χ3v) is 6.00. The molecule has 8 nitrogen and oxygen atoms in total. The Labute approximate surface area is 194 Å². The summed E-state index contributed by atoms with van der Waals surface area (Å²) in [7, 11) is 0. The normalized spacial score (nSPS) is 13.4. The first-order chi connectivity index (χ1) is 15.8. The average molecular weight is 447 g/mol. The molecule has 0 saturated carbocycles. The molecule has 0 atom stereocenters. The monoisotopic (exact) mass is 446 g/mol. The lowest BCUT2D eigenvalue weighted by Gasteiger charge is -2.15. The number of carbonyl (C=O) groups excluding carboxylic acids is 2. The number of hydrogen-bond donors (Lipinski definition) is 1. The Morgan fingerprint density at radius 3 is 2.39 bits per heavy atom. The molecule has 1 N–H and O–H groups in total. The maximum absolute atomic E-state index is 12.7. The minimum absolute atomic E-state index is 0.0629. The van der Waals surface area contributed by atoms with Crippen molar-refractivity contribution in [1.82, 2.24) is 30.0 Å². The van der Waals surface area contributed by atoms with Gasteiger partial charge in [-0.05, 0) is 64.3 Å². The van der Waals surface area contributed by atoms with Crippen LogP contribution in [0.25, 0.3) is 5.95 Å². The van der Waals surface area contributed by atoms with Crippen LogP contribution in [0.3, 0.4) is 0 Å². The number of amides is 2. The van der Waals surface area contributed by atoms with Crippen molar-refractivity contribution in [3.8, 4) is 5.95 Å². The van der Waals surface area contributed by atoms with Crippen LogP contribution < -0.4 is 5.32 Å². The zero-order valence-electron chi connectivity index (χ0n) is 19.7. The van der Waals surface area contributed by atoms with Gasteiger partial charge in [-0.25, -0.2) is 14.6 Å². The number of rotatable bonds is 6. The first-order valence-corrected chi connectivity index (χ1v) is 11.3. The van der Waals surface area contributed by atoms with Crippen molar-refractivity contribution >= 4 is 11.8 Å². The van der Waals surface area contributed by atoms with Crippen LogP contribution in [-0.4, -0.2) is 49.6 Å². The highest BCUT2D eigenvalue weighted by molar-refractivity contribution is 5.94. The van der Waals surface area contributed by atoms with Gasteiger partial charge in [-0.15, -0.1) is 0 Å². The highest BCUT2D eigenvalue weighted by Gasteiger charge is 2.20. The van der Waals surface area contributed by atoms with Crippen LogP contribution in [0.2, 0.25) is 0 Å². The Kier molecular flexibility index (Phi) is 6.53. The molecule has 172 valence electrons. The predicted molar refractivity (Wildman–Crippen MR) is 125 cm³/mol. The van der Waals surface area contributed by atoms with Crippen LogP contribution >= 0.6 is 0 Å². The Balaban J connectivity index is 1.42. The summed E-state index contributed by atoms with van der Waals surface area (Å²) in [5, 5.41) is 7.54. The second kappa shape index (κ2) is 9.52. The summed E-state index contributed by atoms with van der Waals surface area (Å²) in [6, 6.07) is 9.41. The van der Waals surface area contributed by atoms with E-state index in [1.807, 2.05) is 62.9 Å². The largest absolute Gasteiger partial charge is 0.352 e. The van der Waals surface area contributed by atoms with E-state index < -0.39 is 0 Å². The van der Waals surface area contributed by atoms with Gasteiger partial charge in [-0.1, -0.05) is 12.1 Å². The minimum atomic E-state index is -0.0987. The van der Waals surface area contributed by atoms with E-state index in [1.54, 1.807) is 4.68 Å². The lowest BCUT2D eigenvalue weighted by Crippen LogP contribution is -2.28. The highest BCUT2D eigenvalue weighted by atomic mass is 16.2. The molecule has 1 aromatic carbocycles. The summed E-state index contributed by atoms with van der Waals surface area (Å²) in [6.45, 7) is 9.67. The molecule has 1 saturated heterocycles. The van der Waals surface area contributed by atoms with Crippen LogP contribution in [0.1, 0.15) is 57.1 Å². The van der Waals surface area contributed by atoms with Crippen LogP contribution in [0, 0.1) is 27.7 Å². The van der Waals surface area contributed by atoms with Crippen molar-refractivity contribution in [3.63, 3.8) is 0 Å². The molecule has 0 unspecified atom stereocenters. The summed E-state index contributed by atoms with van der Waals surface area (Å²) in [5.74, 6) is 0.477. The predicted octanol–water partition coefficient (Wildman–Crippen LogP) is 2.99. The van der Waals surface area contributed by atoms with Gasteiger partial charge >= 0.3 is 0 Å². The van der Waals surface area contributed by atoms with Crippen molar-refractivity contribution < 1.29 is 9.59 Å². The topological polar surface area (TPSA) is 93.0 Å². The third kappa shape index (κ3) is 5.10. The van der Waals surface area contributed by atoms with Gasteiger partial charge in [-0.2, -0.15) is 5.10 Å². The fraction of sp³-hybridized carbons (Fsp3) is 0.400. The number of aromatic nitrogens is 4. The Bertz CT molecular complexity index is 1170. The maximum atomic E-state index is 12.7. The van der Waals surface area contributed by atoms with Gasteiger partial charge in [0.15, 0.2) is 0 Å². The summed E-state index contributed by atoms with van der Waals surface area (Å²) in [5.41, 5.74) is 5.82. The van der Waals surface area contributed by atoms with Crippen molar-refractivity contribution in [2.45, 2.75) is 53.5 Å². The van der Waals surface area contributed by atoms with Crippen molar-refractivity contribution in [3.05, 3.63) is 69.8 Å². The highest BCUT2D eigenvalue weighted by Crippen LogP contribution is 2.18. The van der Waals surface area contributed by atoms with E-state index in [0.717, 1.165) is 59.8 Å². The number of nitrogens with zero attached hydrogens (tertiary/aromatic N) is 5. The molecule has 1 aliphatic heterocycles. The number of likely N-dealkylation sites (tertiary alicyclic amines) is 1. The van der Waals surface area contributed by atoms with Gasteiger partial charge in [-0.3, -0.25) is 9.59 Å². The number of carbonyl (C=O) groups is 2. The summed E-state index contributed by atoms with van der Waals surface area (Å²) in [6.07, 6.45) is 2.34. The van der Waals surface area contributed by atoms with Crippen LogP contribution in [0.15, 0.2) is 30.3 Å². The number of aryl methyl sites for hydroxylation is 3. The van der Waals surface area contributed by atoms with Crippen molar-refractivity contribution in [2.75, 3.05) is 13.1 Å². The molecule has 0 radical (unpaired) electrons. The molecule has 0 bridgehead atoms. The van der Waals surface area contributed by atoms with Crippen LogP contribution in [0.5, 0.6) is 0 Å². The average Bonchev–Trinajstić information content (AvgIpc) is 3.41. The zero-order valence-corrected chi connectivity index (χ0v) is 19.7. The fourth-order valence-corrected chi connectivity index (χ4v) is 4.27. The van der Waals surface area contributed by atoms with Gasteiger partial charge < -0.3 is 10.2 Å². The number of benzene rings is 1. The zero-order chi connectivity index (χ0) is 23.5. The van der Waals surface area contributed by atoms with Gasteiger partial charge in [0, 0.05) is 47.8 Å². The molecule has 2 amide bonds. The van der Waals surface area contributed by atoms with E-state index in [-0.39, 0.29) is 18.2 Å². The molecule has 1 aliphatic rings. The van der Waals surface area contributed by atoms with E-state index in [4.69, 9.17) is 0 Å². The molecule has 8 heteroatoms. The maximum Gasteiger partial charge on any atom is 0.253 e. The van der Waals surface area contributed by atoms with E-state index in [1.165, 1.54) is 0 Å². The first-order valence-electron chi connectivity index (χ1n) is 11.3. The van der Waals surface area contributed by atoms with Crippen LogP contribution in [-0.2, 0) is 17.8 Å². The number of hydrogen-bond acceptors (Lipinski definition) is 5. The molecule has 0 spiro atoms. The van der Waals surface area contributed by atoms with E-state index in [9.17, 15) is 9.59 Å². The molecule has 3 heterocycles. The molecular formula is C25H30N6O2. The molecule has 33 heavy (non-hydrogen) atoms. The smallest absolute Gasteiger partial charge is 0.253 e. The Morgan fingerprint density at radius 1 is 1.00 bits per heavy atom. The molecule has 4 rings (SSSR count). The van der Waals surface area contributed by atoms with Crippen molar-refractivity contribution in [1.29, 1.82) is 0 Å². The lowest BCUT2D eigenvalue weighted by atomic mass is 10.1. The second-order valence-corrected chi connectivity index (χ2v) is 8.67. The first kappa shape index (κ1) is 22.6. The summed E-state index contributed by atoms with van der Waals surface area (Å²) < 4.78 is 1.70. The quantitative estimate of drug-likeness (QED) is 0.628. The molecular weight excluding hydrogens is 416 g/mol. The van der Waals surface area contributed by atoms with Crippen LogP contribution in [0.4, 0.5) is 0 Å². The van der Waals surface area contributed by atoms with E-state index >= 15 is 0 Å². The third-order valence-electron chi connectivity index (χ3n) is 6.00. The summed E-state index contributed by atoms with van der Waals surface area (Å²) in [4.78, 5) is 36.2. The van der Waals surface area contributed by atoms with Gasteiger partial charge in [0.25, 0.3) is 11.9 Å². The molecule has 1 fully saturated rings. The molecule has 2 aromatic heterocycles. The second-order valence-electron chi connectivity index (χ2n) is 8.67. The van der Waals surface area contributed by atoms with Gasteiger partial charge in [0.1, 0.15) is 0 Å². The van der Waals surface area contributed by atoms with Gasteiger partial charge in [0.2, 0.25) is 5.91 Å². The molecule has 0 aliphatic carbocycles. The SMILES string of the molecule is Cc1cc(C)nc(-n2nc(C)c(CC(=O)NCc3cccc(C(=O)N4CCCC4)c3)c2C)n1. The van der Waals surface area contributed by atoms with E-state index in [2.05, 4.69) is 20.4 Å². The minimum Gasteiger partial charge on any atom is -0.352 e. The standard InChI is InChI=1S/C25H30N6O2/c1-16-12-17(2)28-25(27-16)31-19(4)22(18(3)29-31)14-23(32)26-15-20-8-7-9-21(13-20)24(33)30-10-5-6-11-30/h7-9,12-13H,5-6,10-11,14-15H2,1-4H3,(H,26,32). The number of nitrogens with one attached hydrogen (secondary N) is 1. The van der Waals surface area contributed by atoms with Gasteiger partial charge in [0.05, 0.1) is 12.1 Å².